The van der Waals surface area contributed by atoms with Crippen molar-refractivity contribution in [1.29, 1.82) is 0 Å². The van der Waals surface area contributed by atoms with Gasteiger partial charge in [0.2, 0.25) is 5.88 Å². The zero-order valence-electron chi connectivity index (χ0n) is 15.5. The molecule has 1 unspecified atom stereocenters. The molecule has 0 fully saturated rings. The summed E-state index contributed by atoms with van der Waals surface area (Å²) in [6, 6.07) is 14.8. The van der Waals surface area contributed by atoms with Crippen molar-refractivity contribution in [2.45, 2.75) is 19.9 Å². The molecule has 144 valence electrons. The molecule has 0 aliphatic heterocycles. The van der Waals surface area contributed by atoms with Crippen LogP contribution in [0.15, 0.2) is 66.2 Å². The van der Waals surface area contributed by atoms with Crippen LogP contribution in [0.3, 0.4) is 0 Å². The largest absolute Gasteiger partial charge is 0.439 e. The standard InChI is InChI=1S/C21H20N2O4S/c1-14(2)19(23-20(24)17-6-5-13-28-17)21(25)27-16-10-8-15(9-11-16)26-18-7-3-4-12-22-18/h3-14,19H,1-2H3,(H,23,24). The van der Waals surface area contributed by atoms with Crippen molar-refractivity contribution in [3.8, 4) is 17.4 Å². The number of thiophene rings is 1. The molecule has 3 aromatic rings. The lowest BCUT2D eigenvalue weighted by molar-refractivity contribution is -0.137. The normalized spacial score (nSPS) is 11.7. The van der Waals surface area contributed by atoms with E-state index in [9.17, 15) is 9.59 Å². The molecule has 0 spiro atoms. The molecule has 0 saturated heterocycles. The quantitative estimate of drug-likeness (QED) is 0.476. The van der Waals surface area contributed by atoms with Crippen molar-refractivity contribution in [1.82, 2.24) is 10.3 Å². The summed E-state index contributed by atoms with van der Waals surface area (Å²) >= 11 is 1.32. The number of aromatic nitrogens is 1. The van der Waals surface area contributed by atoms with Crippen molar-refractivity contribution < 1.29 is 19.1 Å². The number of hydrogen-bond donors (Lipinski definition) is 1. The van der Waals surface area contributed by atoms with Crippen LogP contribution in [0.1, 0.15) is 23.5 Å². The number of rotatable bonds is 7. The van der Waals surface area contributed by atoms with Gasteiger partial charge in [0.1, 0.15) is 17.5 Å². The van der Waals surface area contributed by atoms with Crippen LogP contribution in [-0.4, -0.2) is 22.9 Å². The number of hydrogen-bond acceptors (Lipinski definition) is 6. The smallest absolute Gasteiger partial charge is 0.334 e. The number of nitrogens with one attached hydrogen (secondary N) is 1. The van der Waals surface area contributed by atoms with Gasteiger partial charge in [0.05, 0.1) is 4.88 Å². The van der Waals surface area contributed by atoms with E-state index < -0.39 is 12.0 Å². The molecule has 0 aliphatic rings. The van der Waals surface area contributed by atoms with Crippen LogP contribution >= 0.6 is 11.3 Å². The molecule has 3 rings (SSSR count). The summed E-state index contributed by atoms with van der Waals surface area (Å²) in [5.74, 6) is 0.494. The second-order valence-corrected chi connectivity index (χ2v) is 7.28. The number of carbonyl (C=O) groups excluding carboxylic acids is 2. The van der Waals surface area contributed by atoms with Gasteiger partial charge in [0.25, 0.3) is 5.91 Å². The van der Waals surface area contributed by atoms with Gasteiger partial charge in [-0.25, -0.2) is 9.78 Å². The molecule has 6 nitrogen and oxygen atoms in total. The molecule has 28 heavy (non-hydrogen) atoms. The Balaban J connectivity index is 1.62. The molecule has 1 atom stereocenters. The van der Waals surface area contributed by atoms with E-state index >= 15 is 0 Å². The van der Waals surface area contributed by atoms with E-state index in [1.54, 1.807) is 54.7 Å². The molecule has 1 N–H and O–H groups in total. The topological polar surface area (TPSA) is 77.5 Å². The van der Waals surface area contributed by atoms with Crippen LogP contribution < -0.4 is 14.8 Å². The molecular formula is C21H20N2O4S. The second-order valence-electron chi connectivity index (χ2n) is 6.33. The van der Waals surface area contributed by atoms with Gasteiger partial charge in [-0.1, -0.05) is 26.0 Å². The number of nitrogens with zero attached hydrogens (tertiary/aromatic N) is 1. The van der Waals surface area contributed by atoms with Crippen molar-refractivity contribution in [3.63, 3.8) is 0 Å². The summed E-state index contributed by atoms with van der Waals surface area (Å²) in [7, 11) is 0. The SMILES string of the molecule is CC(C)C(NC(=O)c1cccs1)C(=O)Oc1ccc(Oc2ccccn2)cc1. The van der Waals surface area contributed by atoms with Crippen molar-refractivity contribution in [2.24, 2.45) is 5.92 Å². The number of esters is 1. The number of ether oxygens (including phenoxy) is 2. The van der Waals surface area contributed by atoms with Crippen molar-refractivity contribution >= 4 is 23.2 Å². The summed E-state index contributed by atoms with van der Waals surface area (Å²) in [5, 5.41) is 4.56. The van der Waals surface area contributed by atoms with Crippen LogP contribution in [-0.2, 0) is 4.79 Å². The maximum Gasteiger partial charge on any atom is 0.334 e. The lowest BCUT2D eigenvalue weighted by atomic mass is 10.0. The highest BCUT2D eigenvalue weighted by atomic mass is 32.1. The van der Waals surface area contributed by atoms with E-state index in [2.05, 4.69) is 10.3 Å². The number of pyridine rings is 1. The summed E-state index contributed by atoms with van der Waals surface area (Å²) < 4.78 is 11.1. The molecular weight excluding hydrogens is 376 g/mol. The van der Waals surface area contributed by atoms with Crippen LogP contribution in [0.2, 0.25) is 0 Å². The number of carbonyl (C=O) groups is 2. The average molecular weight is 396 g/mol. The van der Waals surface area contributed by atoms with Gasteiger partial charge in [0, 0.05) is 12.3 Å². The van der Waals surface area contributed by atoms with E-state index in [1.165, 1.54) is 11.3 Å². The van der Waals surface area contributed by atoms with Gasteiger partial charge in [0.15, 0.2) is 0 Å². The van der Waals surface area contributed by atoms with Crippen molar-refractivity contribution in [3.05, 3.63) is 71.1 Å². The highest BCUT2D eigenvalue weighted by Crippen LogP contribution is 2.23. The van der Waals surface area contributed by atoms with Crippen LogP contribution in [0.5, 0.6) is 17.4 Å². The molecule has 2 aromatic heterocycles. The maximum atomic E-state index is 12.6. The van der Waals surface area contributed by atoms with E-state index in [0.29, 0.717) is 22.3 Å². The Morgan fingerprint density at radius 1 is 1.00 bits per heavy atom. The minimum Gasteiger partial charge on any atom is -0.439 e. The predicted molar refractivity (Wildman–Crippen MR) is 107 cm³/mol. The lowest BCUT2D eigenvalue weighted by Gasteiger charge is -2.20. The fourth-order valence-corrected chi connectivity index (χ4v) is 3.03. The Hall–Kier alpha value is -3.19. The predicted octanol–water partition coefficient (Wildman–Crippen LogP) is 4.30. The molecule has 1 aromatic carbocycles. The first-order chi connectivity index (χ1) is 13.5. The summed E-state index contributed by atoms with van der Waals surface area (Å²) in [4.78, 5) is 29.5. The summed E-state index contributed by atoms with van der Waals surface area (Å²) in [6.45, 7) is 3.70. The fraction of sp³-hybridized carbons (Fsp3) is 0.190. The molecule has 2 heterocycles. The zero-order valence-corrected chi connectivity index (χ0v) is 16.3. The van der Waals surface area contributed by atoms with Gasteiger partial charge in [-0.2, -0.15) is 0 Å². The number of benzene rings is 1. The van der Waals surface area contributed by atoms with E-state index in [-0.39, 0.29) is 11.8 Å². The highest BCUT2D eigenvalue weighted by molar-refractivity contribution is 7.12. The first-order valence-corrected chi connectivity index (χ1v) is 9.66. The van der Waals surface area contributed by atoms with Gasteiger partial charge in [-0.05, 0) is 47.7 Å². The van der Waals surface area contributed by atoms with Crippen LogP contribution in [0, 0.1) is 5.92 Å². The molecule has 0 radical (unpaired) electrons. The maximum absolute atomic E-state index is 12.6. The van der Waals surface area contributed by atoms with Crippen LogP contribution in [0.25, 0.3) is 0 Å². The summed E-state index contributed by atoms with van der Waals surface area (Å²) in [6.07, 6.45) is 1.64. The average Bonchev–Trinajstić information content (AvgIpc) is 3.23. The first kappa shape index (κ1) is 19.6. The van der Waals surface area contributed by atoms with Gasteiger partial charge in [-0.3, -0.25) is 4.79 Å². The lowest BCUT2D eigenvalue weighted by Crippen LogP contribution is -2.46. The van der Waals surface area contributed by atoms with Crippen molar-refractivity contribution in [2.75, 3.05) is 0 Å². The molecule has 1 amide bonds. The molecule has 0 bridgehead atoms. The third-order valence-electron chi connectivity index (χ3n) is 3.85. The minimum absolute atomic E-state index is 0.122. The van der Waals surface area contributed by atoms with E-state index in [1.807, 2.05) is 25.3 Å². The third-order valence-corrected chi connectivity index (χ3v) is 4.72. The first-order valence-electron chi connectivity index (χ1n) is 8.78. The zero-order chi connectivity index (χ0) is 19.9. The van der Waals surface area contributed by atoms with E-state index in [0.717, 1.165) is 0 Å². The Morgan fingerprint density at radius 3 is 2.36 bits per heavy atom. The monoisotopic (exact) mass is 396 g/mol. The third kappa shape index (κ3) is 5.17. The molecule has 0 aliphatic carbocycles. The molecule has 7 heteroatoms. The Kier molecular flexibility index (Phi) is 6.39. The Bertz CT molecular complexity index is 909. The van der Waals surface area contributed by atoms with Gasteiger partial charge in [-0.15, -0.1) is 11.3 Å². The Labute approximate surface area is 167 Å². The summed E-state index contributed by atoms with van der Waals surface area (Å²) in [5.41, 5.74) is 0. The fourth-order valence-electron chi connectivity index (χ4n) is 2.40. The minimum atomic E-state index is -0.751. The van der Waals surface area contributed by atoms with Gasteiger partial charge < -0.3 is 14.8 Å². The van der Waals surface area contributed by atoms with Gasteiger partial charge >= 0.3 is 5.97 Å². The van der Waals surface area contributed by atoms with Crippen LogP contribution in [0.4, 0.5) is 0 Å². The second kappa shape index (κ2) is 9.14. The number of amides is 1. The highest BCUT2D eigenvalue weighted by Gasteiger charge is 2.27. The Morgan fingerprint density at radius 2 is 1.75 bits per heavy atom. The van der Waals surface area contributed by atoms with E-state index in [4.69, 9.17) is 9.47 Å². The molecule has 0 saturated carbocycles.